The largest absolute Gasteiger partial charge is 0.454 e. The van der Waals surface area contributed by atoms with Crippen LogP contribution in [0.5, 0.6) is 0 Å². The van der Waals surface area contributed by atoms with Crippen LogP contribution in [0, 0.1) is 42.4 Å². The number of esters is 1. The van der Waals surface area contributed by atoms with E-state index < -0.39 is 12.1 Å². The van der Waals surface area contributed by atoms with Gasteiger partial charge in [0, 0.05) is 12.1 Å². The number of carbonyl (C=O) groups excluding carboxylic acids is 4. The molecule has 6 nitrogen and oxygen atoms in total. The molecule has 1 aromatic carbocycles. The Hall–Kier alpha value is -2.76. The molecule has 0 aromatic heterocycles. The summed E-state index contributed by atoms with van der Waals surface area (Å²) in [7, 11) is 0. The van der Waals surface area contributed by atoms with E-state index in [0.717, 1.165) is 12.0 Å². The van der Waals surface area contributed by atoms with Crippen LogP contribution in [-0.4, -0.2) is 41.1 Å². The molecule has 1 heterocycles. The Bertz CT molecular complexity index is 928. The average Bonchev–Trinajstić information content (AvgIpc) is 3.51. The molecule has 156 valence electrons. The van der Waals surface area contributed by atoms with Crippen molar-refractivity contribution in [3.8, 4) is 0 Å². The van der Waals surface area contributed by atoms with Crippen molar-refractivity contribution < 1.29 is 23.9 Å². The number of rotatable bonds is 6. The van der Waals surface area contributed by atoms with Crippen LogP contribution >= 0.6 is 0 Å². The molecule has 1 aromatic rings. The Morgan fingerprint density at radius 3 is 2.17 bits per heavy atom. The molecule has 30 heavy (non-hydrogen) atoms. The SMILES string of the molecule is Cc1ccc(C(=O)[C@H](C)OC(=O)CCN2C(=O)[C@@H]3[C@H]4C=C[C@@H]([C@@H]5C[C@@H]45)[C@@H]3C2=O)cc1. The van der Waals surface area contributed by atoms with Crippen LogP contribution in [-0.2, 0) is 19.1 Å². The molecule has 1 aliphatic heterocycles. The maximum atomic E-state index is 12.9. The van der Waals surface area contributed by atoms with Gasteiger partial charge in [0.25, 0.3) is 0 Å². The highest BCUT2D eigenvalue weighted by Gasteiger charge is 2.66. The number of imide groups is 1. The highest BCUT2D eigenvalue weighted by atomic mass is 16.5. The summed E-state index contributed by atoms with van der Waals surface area (Å²) in [5.41, 5.74) is 1.52. The van der Waals surface area contributed by atoms with E-state index in [2.05, 4.69) is 12.2 Å². The molecule has 2 bridgehead atoms. The van der Waals surface area contributed by atoms with Crippen molar-refractivity contribution in [2.24, 2.45) is 35.5 Å². The van der Waals surface area contributed by atoms with E-state index in [1.165, 1.54) is 11.8 Å². The molecule has 3 fully saturated rings. The first kappa shape index (κ1) is 19.2. The van der Waals surface area contributed by atoms with Gasteiger partial charge in [-0.05, 0) is 43.9 Å². The molecule has 0 unspecified atom stereocenters. The summed E-state index contributed by atoms with van der Waals surface area (Å²) in [4.78, 5) is 51.8. The summed E-state index contributed by atoms with van der Waals surface area (Å²) >= 11 is 0. The second kappa shape index (κ2) is 6.89. The maximum absolute atomic E-state index is 12.9. The topological polar surface area (TPSA) is 80.8 Å². The average molecular weight is 407 g/mol. The smallest absolute Gasteiger partial charge is 0.308 e. The van der Waals surface area contributed by atoms with Gasteiger partial charge in [0.15, 0.2) is 6.10 Å². The number of amides is 2. The first-order chi connectivity index (χ1) is 14.4. The zero-order valence-electron chi connectivity index (χ0n) is 17.1. The lowest BCUT2D eigenvalue weighted by Crippen LogP contribution is -2.40. The normalized spacial score (nSPS) is 33.9. The molecule has 2 saturated carbocycles. The van der Waals surface area contributed by atoms with Gasteiger partial charge in [-0.15, -0.1) is 0 Å². The molecular formula is C24H25NO5. The number of hydrogen-bond donors (Lipinski definition) is 0. The van der Waals surface area contributed by atoms with Crippen LogP contribution in [0.4, 0.5) is 0 Å². The second-order valence-electron chi connectivity index (χ2n) is 9.10. The standard InChI is InChI=1S/C24H25NO5/c1-12-3-5-14(6-4-12)22(27)13(2)30-19(26)9-10-25-23(28)20-15-7-8-16(18-11-17(15)18)21(20)24(25)29/h3-8,13,15-18,20-21H,9-11H2,1-2H3/t13-,15-,16-,17-,18-,20-,21+/m0/s1. The van der Waals surface area contributed by atoms with E-state index in [9.17, 15) is 19.2 Å². The number of carbonyl (C=O) groups is 4. The number of nitrogens with zero attached hydrogens (tertiary/aromatic N) is 1. The van der Waals surface area contributed by atoms with Crippen molar-refractivity contribution in [2.75, 3.05) is 6.54 Å². The van der Waals surface area contributed by atoms with Crippen LogP contribution in [0.2, 0.25) is 0 Å². The molecule has 4 aliphatic carbocycles. The summed E-state index contributed by atoms with van der Waals surface area (Å²) in [5.74, 6) is -0.211. The van der Waals surface area contributed by atoms with Crippen LogP contribution in [0.3, 0.4) is 0 Å². The lowest BCUT2D eigenvalue weighted by molar-refractivity contribution is -0.148. The molecule has 7 atom stereocenters. The van der Waals surface area contributed by atoms with Crippen molar-refractivity contribution in [1.29, 1.82) is 0 Å². The monoisotopic (exact) mass is 407 g/mol. The summed E-state index contributed by atoms with van der Waals surface area (Å²) in [5, 5.41) is 0. The van der Waals surface area contributed by atoms with E-state index in [1.54, 1.807) is 12.1 Å². The van der Waals surface area contributed by atoms with Gasteiger partial charge in [-0.2, -0.15) is 0 Å². The Kier molecular flexibility index (Phi) is 4.42. The van der Waals surface area contributed by atoms with Crippen LogP contribution in [0.25, 0.3) is 0 Å². The third kappa shape index (κ3) is 2.92. The zero-order valence-corrected chi connectivity index (χ0v) is 17.1. The summed E-state index contributed by atoms with van der Waals surface area (Å²) in [6, 6.07) is 7.08. The number of aryl methyl sites for hydroxylation is 1. The lowest BCUT2D eigenvalue weighted by Gasteiger charge is -2.37. The van der Waals surface area contributed by atoms with Crippen LogP contribution in [0.15, 0.2) is 36.4 Å². The van der Waals surface area contributed by atoms with Gasteiger partial charge in [-0.3, -0.25) is 24.1 Å². The first-order valence-corrected chi connectivity index (χ1v) is 10.7. The first-order valence-electron chi connectivity index (χ1n) is 10.7. The minimum absolute atomic E-state index is 0.0176. The molecule has 6 rings (SSSR count). The fourth-order valence-corrected chi connectivity index (χ4v) is 5.70. The number of ketones is 1. The third-order valence-electron chi connectivity index (χ3n) is 7.31. The highest BCUT2D eigenvalue weighted by Crippen LogP contribution is 2.65. The van der Waals surface area contributed by atoms with E-state index in [0.29, 0.717) is 17.4 Å². The Balaban J connectivity index is 1.18. The quantitative estimate of drug-likeness (QED) is 0.313. The van der Waals surface area contributed by atoms with Crippen molar-refractivity contribution in [3.63, 3.8) is 0 Å². The number of ether oxygens (including phenoxy) is 1. The fraction of sp³-hybridized carbons (Fsp3) is 0.500. The number of likely N-dealkylation sites (tertiary alicyclic amines) is 1. The van der Waals surface area contributed by atoms with E-state index in [-0.39, 0.29) is 54.2 Å². The summed E-state index contributed by atoms with van der Waals surface area (Å²) in [6.45, 7) is 3.49. The van der Waals surface area contributed by atoms with Gasteiger partial charge < -0.3 is 4.74 Å². The van der Waals surface area contributed by atoms with Crippen molar-refractivity contribution in [1.82, 2.24) is 4.90 Å². The van der Waals surface area contributed by atoms with Crippen LogP contribution < -0.4 is 0 Å². The maximum Gasteiger partial charge on any atom is 0.308 e. The Morgan fingerprint density at radius 1 is 1.03 bits per heavy atom. The van der Waals surface area contributed by atoms with Crippen molar-refractivity contribution in [3.05, 3.63) is 47.5 Å². The lowest BCUT2D eigenvalue weighted by atomic mass is 9.63. The predicted molar refractivity (Wildman–Crippen MR) is 107 cm³/mol. The van der Waals surface area contributed by atoms with Gasteiger partial charge in [0.1, 0.15) is 0 Å². The minimum Gasteiger partial charge on any atom is -0.454 e. The molecule has 5 aliphatic rings. The van der Waals surface area contributed by atoms with Crippen molar-refractivity contribution in [2.45, 2.75) is 32.8 Å². The summed E-state index contributed by atoms with van der Waals surface area (Å²) in [6.07, 6.45) is 4.36. The molecule has 0 spiro atoms. The van der Waals surface area contributed by atoms with Crippen molar-refractivity contribution >= 4 is 23.6 Å². The minimum atomic E-state index is -0.917. The number of allylic oxidation sites excluding steroid dienone is 2. The second-order valence-corrected chi connectivity index (χ2v) is 9.10. The molecule has 0 N–H and O–H groups in total. The molecule has 1 saturated heterocycles. The van der Waals surface area contributed by atoms with Gasteiger partial charge >= 0.3 is 5.97 Å². The van der Waals surface area contributed by atoms with Gasteiger partial charge in [-0.25, -0.2) is 0 Å². The molecular weight excluding hydrogens is 382 g/mol. The van der Waals surface area contributed by atoms with E-state index in [1.807, 2.05) is 19.1 Å². The van der Waals surface area contributed by atoms with E-state index >= 15 is 0 Å². The molecule has 2 amide bonds. The molecule has 6 heteroatoms. The number of benzene rings is 1. The van der Waals surface area contributed by atoms with Gasteiger partial charge in [0.05, 0.1) is 18.3 Å². The van der Waals surface area contributed by atoms with Crippen LogP contribution in [0.1, 0.15) is 35.7 Å². The third-order valence-corrected chi connectivity index (χ3v) is 7.31. The zero-order chi connectivity index (χ0) is 21.2. The van der Waals surface area contributed by atoms with Gasteiger partial charge in [0.2, 0.25) is 17.6 Å². The Morgan fingerprint density at radius 2 is 1.60 bits per heavy atom. The number of hydrogen-bond acceptors (Lipinski definition) is 5. The number of Topliss-reactive ketones (excluding diaryl/α,β-unsaturated/α-hetero) is 1. The Labute approximate surface area is 175 Å². The van der Waals surface area contributed by atoms with Gasteiger partial charge in [-0.1, -0.05) is 42.0 Å². The fourth-order valence-electron chi connectivity index (χ4n) is 5.70. The summed E-state index contributed by atoms with van der Waals surface area (Å²) < 4.78 is 5.27. The highest BCUT2D eigenvalue weighted by molar-refractivity contribution is 6.06. The van der Waals surface area contributed by atoms with E-state index in [4.69, 9.17) is 4.74 Å². The molecule has 0 radical (unpaired) electrons. The predicted octanol–water partition coefficient (Wildman–Crippen LogP) is 2.55.